The standard InChI is InChI=1S/C18H28N4O2/c1-18(2)9-11-22(13-18)17(20-3)21-10-8-14-4-6-15(7-5-14)24-12-16(19)23/h4-7H,8-13H2,1-3H3,(H2,19,23)(H,20,21). The molecule has 1 aliphatic heterocycles. The largest absolute Gasteiger partial charge is 0.484 e. The molecule has 6 heteroatoms. The number of carbonyl (C=O) groups is 1. The Morgan fingerprint density at radius 3 is 2.62 bits per heavy atom. The molecule has 2 rings (SSSR count). The Kier molecular flexibility index (Phi) is 6.06. The van der Waals surface area contributed by atoms with E-state index < -0.39 is 5.91 Å². The lowest BCUT2D eigenvalue weighted by Gasteiger charge is -2.23. The van der Waals surface area contributed by atoms with Crippen molar-refractivity contribution in [2.45, 2.75) is 26.7 Å². The van der Waals surface area contributed by atoms with Crippen molar-refractivity contribution >= 4 is 11.9 Å². The zero-order valence-corrected chi connectivity index (χ0v) is 14.8. The van der Waals surface area contributed by atoms with Gasteiger partial charge in [0, 0.05) is 26.7 Å². The first-order chi connectivity index (χ1) is 11.4. The summed E-state index contributed by atoms with van der Waals surface area (Å²) in [6, 6.07) is 7.71. The van der Waals surface area contributed by atoms with Crippen LogP contribution in [0, 0.1) is 5.41 Å². The number of hydrogen-bond acceptors (Lipinski definition) is 3. The third-order valence-electron chi connectivity index (χ3n) is 4.19. The van der Waals surface area contributed by atoms with Crippen molar-refractivity contribution in [2.75, 3.05) is 33.3 Å². The van der Waals surface area contributed by atoms with Gasteiger partial charge in [-0.25, -0.2) is 0 Å². The van der Waals surface area contributed by atoms with E-state index >= 15 is 0 Å². The number of aliphatic imine (C=N–C) groups is 1. The lowest BCUT2D eigenvalue weighted by molar-refractivity contribution is -0.119. The Balaban J connectivity index is 1.77. The number of likely N-dealkylation sites (tertiary alicyclic amines) is 1. The predicted octanol–water partition coefficient (Wildman–Crippen LogP) is 1.40. The number of ether oxygens (including phenoxy) is 1. The predicted molar refractivity (Wildman–Crippen MR) is 96.2 cm³/mol. The van der Waals surface area contributed by atoms with Gasteiger partial charge in [-0.2, -0.15) is 0 Å². The van der Waals surface area contributed by atoms with Gasteiger partial charge in [0.25, 0.3) is 5.91 Å². The minimum Gasteiger partial charge on any atom is -0.484 e. The third-order valence-corrected chi connectivity index (χ3v) is 4.19. The van der Waals surface area contributed by atoms with Gasteiger partial charge >= 0.3 is 0 Å². The van der Waals surface area contributed by atoms with Crippen LogP contribution in [0.1, 0.15) is 25.8 Å². The molecule has 0 bridgehead atoms. The Labute approximate surface area is 144 Å². The van der Waals surface area contributed by atoms with Crippen molar-refractivity contribution in [3.05, 3.63) is 29.8 Å². The fourth-order valence-corrected chi connectivity index (χ4v) is 2.85. The first-order valence-electron chi connectivity index (χ1n) is 8.35. The van der Waals surface area contributed by atoms with Gasteiger partial charge in [0.1, 0.15) is 5.75 Å². The fraction of sp³-hybridized carbons (Fsp3) is 0.556. The molecule has 6 nitrogen and oxygen atoms in total. The van der Waals surface area contributed by atoms with Crippen LogP contribution in [-0.4, -0.2) is 50.1 Å². The summed E-state index contributed by atoms with van der Waals surface area (Å²) < 4.78 is 5.25. The molecule has 132 valence electrons. The maximum Gasteiger partial charge on any atom is 0.255 e. The molecule has 1 fully saturated rings. The number of nitrogens with zero attached hydrogens (tertiary/aromatic N) is 2. The summed E-state index contributed by atoms with van der Waals surface area (Å²) in [5.41, 5.74) is 6.62. The molecule has 1 aromatic rings. The fourth-order valence-electron chi connectivity index (χ4n) is 2.85. The highest BCUT2D eigenvalue weighted by Crippen LogP contribution is 2.28. The van der Waals surface area contributed by atoms with Crippen molar-refractivity contribution in [1.82, 2.24) is 10.2 Å². The van der Waals surface area contributed by atoms with Crippen molar-refractivity contribution in [1.29, 1.82) is 0 Å². The van der Waals surface area contributed by atoms with Crippen LogP contribution >= 0.6 is 0 Å². The average molecular weight is 332 g/mol. The molecule has 1 heterocycles. The first-order valence-corrected chi connectivity index (χ1v) is 8.35. The molecular weight excluding hydrogens is 304 g/mol. The second-order valence-electron chi connectivity index (χ2n) is 6.96. The molecule has 0 atom stereocenters. The second-order valence-corrected chi connectivity index (χ2v) is 6.96. The lowest BCUT2D eigenvalue weighted by atomic mass is 9.93. The van der Waals surface area contributed by atoms with E-state index in [9.17, 15) is 4.79 Å². The second kappa shape index (κ2) is 8.04. The van der Waals surface area contributed by atoms with Gasteiger partial charge in [0.15, 0.2) is 12.6 Å². The summed E-state index contributed by atoms with van der Waals surface area (Å²) >= 11 is 0. The number of guanidine groups is 1. The van der Waals surface area contributed by atoms with Crippen LogP contribution < -0.4 is 15.8 Å². The first kappa shape index (κ1) is 18.1. The normalized spacial score (nSPS) is 17.0. The highest BCUT2D eigenvalue weighted by Gasteiger charge is 2.30. The van der Waals surface area contributed by atoms with E-state index in [-0.39, 0.29) is 6.61 Å². The molecule has 1 aliphatic rings. The molecular formula is C18H28N4O2. The summed E-state index contributed by atoms with van der Waals surface area (Å²) in [5, 5.41) is 3.44. The molecule has 1 aromatic carbocycles. The SMILES string of the molecule is CN=C(NCCc1ccc(OCC(N)=O)cc1)N1CCC(C)(C)C1. The van der Waals surface area contributed by atoms with Crippen molar-refractivity contribution in [2.24, 2.45) is 16.1 Å². The van der Waals surface area contributed by atoms with E-state index in [1.54, 1.807) is 0 Å². The molecule has 0 unspecified atom stereocenters. The molecule has 0 radical (unpaired) electrons. The molecule has 24 heavy (non-hydrogen) atoms. The van der Waals surface area contributed by atoms with E-state index in [0.717, 1.165) is 32.0 Å². The van der Waals surface area contributed by atoms with E-state index in [4.69, 9.17) is 10.5 Å². The van der Waals surface area contributed by atoms with Crippen LogP contribution in [0.3, 0.4) is 0 Å². The van der Waals surface area contributed by atoms with E-state index in [1.807, 2.05) is 31.3 Å². The molecule has 0 saturated carbocycles. The summed E-state index contributed by atoms with van der Waals surface area (Å²) in [5.74, 6) is 1.15. The van der Waals surface area contributed by atoms with E-state index in [0.29, 0.717) is 11.2 Å². The van der Waals surface area contributed by atoms with Gasteiger partial charge in [-0.15, -0.1) is 0 Å². The number of carbonyl (C=O) groups excluding carboxylic acids is 1. The third kappa shape index (κ3) is 5.44. The Morgan fingerprint density at radius 2 is 2.08 bits per heavy atom. The molecule has 3 N–H and O–H groups in total. The lowest BCUT2D eigenvalue weighted by Crippen LogP contribution is -2.41. The maximum atomic E-state index is 10.7. The van der Waals surface area contributed by atoms with Crippen molar-refractivity contribution in [3.63, 3.8) is 0 Å². The summed E-state index contributed by atoms with van der Waals surface area (Å²) in [7, 11) is 1.83. The van der Waals surface area contributed by atoms with Crippen molar-refractivity contribution < 1.29 is 9.53 Å². The monoisotopic (exact) mass is 332 g/mol. The quantitative estimate of drug-likeness (QED) is 0.609. The maximum absolute atomic E-state index is 10.7. The molecule has 0 aromatic heterocycles. The van der Waals surface area contributed by atoms with Gasteiger partial charge in [0.05, 0.1) is 0 Å². The highest BCUT2D eigenvalue weighted by molar-refractivity contribution is 5.80. The van der Waals surface area contributed by atoms with Crippen LogP contribution in [0.2, 0.25) is 0 Å². The smallest absolute Gasteiger partial charge is 0.255 e. The average Bonchev–Trinajstić information content (AvgIpc) is 2.90. The molecule has 0 aliphatic carbocycles. The number of hydrogen-bond donors (Lipinski definition) is 2. The zero-order chi connectivity index (χ0) is 17.6. The molecule has 1 saturated heterocycles. The Bertz CT molecular complexity index is 581. The van der Waals surface area contributed by atoms with Crippen LogP contribution in [0.25, 0.3) is 0 Å². The van der Waals surface area contributed by atoms with E-state index in [1.165, 1.54) is 12.0 Å². The number of nitrogens with two attached hydrogens (primary N) is 1. The van der Waals surface area contributed by atoms with Gasteiger partial charge in [0.2, 0.25) is 0 Å². The molecule has 0 spiro atoms. The summed E-state index contributed by atoms with van der Waals surface area (Å²) in [4.78, 5) is 17.4. The zero-order valence-electron chi connectivity index (χ0n) is 14.8. The Hall–Kier alpha value is -2.24. The number of nitrogens with one attached hydrogen (secondary N) is 1. The summed E-state index contributed by atoms with van der Waals surface area (Å²) in [6.07, 6.45) is 2.09. The van der Waals surface area contributed by atoms with Gasteiger partial charge in [-0.3, -0.25) is 9.79 Å². The minimum atomic E-state index is -0.472. The van der Waals surface area contributed by atoms with Crippen LogP contribution in [-0.2, 0) is 11.2 Å². The molecule has 1 amide bonds. The van der Waals surface area contributed by atoms with E-state index in [2.05, 4.69) is 29.1 Å². The number of amides is 1. The number of benzene rings is 1. The van der Waals surface area contributed by atoms with Crippen molar-refractivity contribution in [3.8, 4) is 5.75 Å². The van der Waals surface area contributed by atoms with Gasteiger partial charge in [-0.1, -0.05) is 26.0 Å². The van der Waals surface area contributed by atoms with Crippen LogP contribution in [0.15, 0.2) is 29.3 Å². The van der Waals surface area contributed by atoms with Gasteiger partial charge in [-0.05, 0) is 36.0 Å². The van der Waals surface area contributed by atoms with Crippen LogP contribution in [0.5, 0.6) is 5.75 Å². The highest BCUT2D eigenvalue weighted by atomic mass is 16.5. The van der Waals surface area contributed by atoms with Crippen LogP contribution in [0.4, 0.5) is 0 Å². The number of primary amides is 1. The number of rotatable bonds is 6. The minimum absolute atomic E-state index is 0.0938. The summed E-state index contributed by atoms with van der Waals surface area (Å²) in [6.45, 7) is 7.41. The van der Waals surface area contributed by atoms with Gasteiger partial charge < -0.3 is 20.7 Å². The Morgan fingerprint density at radius 1 is 1.38 bits per heavy atom. The topological polar surface area (TPSA) is 80.0 Å².